The Morgan fingerprint density at radius 1 is 1.18 bits per heavy atom. The zero-order valence-electron chi connectivity index (χ0n) is 16.4. The van der Waals surface area contributed by atoms with Gasteiger partial charge in [0.15, 0.2) is 5.75 Å². The van der Waals surface area contributed by atoms with Crippen molar-refractivity contribution in [2.75, 3.05) is 37.6 Å². The number of carbonyl (C=O) groups excluding carboxylic acids is 1. The molecule has 1 N–H and O–H groups in total. The number of aryl methyl sites for hydroxylation is 1. The van der Waals surface area contributed by atoms with Crippen molar-refractivity contribution in [3.05, 3.63) is 35.9 Å². The molecule has 1 amide bonds. The number of nitrogens with zero attached hydrogens (tertiary/aromatic N) is 5. The molecule has 8 nitrogen and oxygen atoms in total. The van der Waals surface area contributed by atoms with E-state index in [4.69, 9.17) is 4.74 Å². The number of amides is 1. The zero-order chi connectivity index (χ0) is 19.5. The average molecular weight is 382 g/mol. The van der Waals surface area contributed by atoms with Crippen molar-refractivity contribution in [2.24, 2.45) is 0 Å². The van der Waals surface area contributed by atoms with Gasteiger partial charge in [0.25, 0.3) is 0 Å². The second-order valence-corrected chi connectivity index (χ2v) is 7.30. The molecule has 2 fully saturated rings. The van der Waals surface area contributed by atoms with Crippen LogP contribution in [0.1, 0.15) is 24.1 Å². The quantitative estimate of drug-likeness (QED) is 0.861. The van der Waals surface area contributed by atoms with Crippen molar-refractivity contribution in [2.45, 2.75) is 32.7 Å². The number of hydrogen-bond acceptors (Lipinski definition) is 7. The molecule has 0 unspecified atom stereocenters. The van der Waals surface area contributed by atoms with E-state index in [1.54, 1.807) is 6.20 Å². The number of aromatic nitrogens is 3. The molecule has 28 heavy (non-hydrogen) atoms. The molecule has 4 rings (SSSR count). The lowest BCUT2D eigenvalue weighted by Crippen LogP contribution is -2.57. The summed E-state index contributed by atoms with van der Waals surface area (Å²) in [6.07, 6.45) is 5.45. The molecule has 0 spiro atoms. The minimum atomic E-state index is -0.203. The van der Waals surface area contributed by atoms with Gasteiger partial charge in [0.05, 0.1) is 11.3 Å². The smallest absolute Gasteiger partial charge is 0.241 e. The molecule has 0 aliphatic carbocycles. The van der Waals surface area contributed by atoms with Crippen molar-refractivity contribution in [3.63, 3.8) is 0 Å². The largest absolute Gasteiger partial charge is 0.437 e. The minimum absolute atomic E-state index is 0.191. The van der Waals surface area contributed by atoms with E-state index in [0.717, 1.165) is 56.1 Å². The van der Waals surface area contributed by atoms with Crippen LogP contribution in [0.3, 0.4) is 0 Å². The fourth-order valence-corrected chi connectivity index (χ4v) is 3.79. The molecule has 8 heteroatoms. The minimum Gasteiger partial charge on any atom is -0.437 e. The predicted octanol–water partition coefficient (Wildman–Crippen LogP) is 1.68. The van der Waals surface area contributed by atoms with E-state index in [1.165, 1.54) is 6.33 Å². The van der Waals surface area contributed by atoms with Crippen molar-refractivity contribution < 1.29 is 9.53 Å². The van der Waals surface area contributed by atoms with Gasteiger partial charge in [-0.15, -0.1) is 0 Å². The first-order valence-corrected chi connectivity index (χ1v) is 9.81. The normalized spacial score (nSPS) is 19.7. The Balaban J connectivity index is 1.52. The summed E-state index contributed by atoms with van der Waals surface area (Å²) in [5.74, 6) is 2.20. The van der Waals surface area contributed by atoms with Crippen LogP contribution in [0.2, 0.25) is 0 Å². The van der Waals surface area contributed by atoms with E-state index in [1.807, 2.05) is 30.9 Å². The molecule has 0 bridgehead atoms. The van der Waals surface area contributed by atoms with Crippen LogP contribution >= 0.6 is 0 Å². The van der Waals surface area contributed by atoms with E-state index >= 15 is 0 Å². The maximum absolute atomic E-state index is 12.8. The highest BCUT2D eigenvalue weighted by molar-refractivity contribution is 5.83. The monoisotopic (exact) mass is 382 g/mol. The van der Waals surface area contributed by atoms with E-state index in [2.05, 4.69) is 25.2 Å². The van der Waals surface area contributed by atoms with Gasteiger partial charge >= 0.3 is 0 Å². The van der Waals surface area contributed by atoms with Crippen LogP contribution in [0.5, 0.6) is 11.6 Å². The van der Waals surface area contributed by atoms with Gasteiger partial charge in [0.1, 0.15) is 18.2 Å². The molecule has 2 aliphatic rings. The second kappa shape index (κ2) is 8.10. The van der Waals surface area contributed by atoms with Gasteiger partial charge in [0.2, 0.25) is 11.8 Å². The summed E-state index contributed by atoms with van der Waals surface area (Å²) in [7, 11) is 0. The van der Waals surface area contributed by atoms with Crippen LogP contribution in [0.25, 0.3) is 0 Å². The van der Waals surface area contributed by atoms with Gasteiger partial charge in [-0.1, -0.05) is 0 Å². The number of hydrogen-bond donors (Lipinski definition) is 1. The van der Waals surface area contributed by atoms with Gasteiger partial charge in [-0.05, 0) is 38.8 Å². The summed E-state index contributed by atoms with van der Waals surface area (Å²) in [5.41, 5.74) is 1.67. The van der Waals surface area contributed by atoms with Crippen LogP contribution in [0.4, 0.5) is 5.82 Å². The second-order valence-electron chi connectivity index (χ2n) is 7.30. The molecule has 148 valence electrons. The molecule has 2 saturated heterocycles. The molecule has 1 atom stereocenters. The van der Waals surface area contributed by atoms with Crippen LogP contribution in [-0.2, 0) is 4.79 Å². The van der Waals surface area contributed by atoms with E-state index in [-0.39, 0.29) is 11.9 Å². The van der Waals surface area contributed by atoms with Gasteiger partial charge < -0.3 is 19.9 Å². The number of pyridine rings is 1. The highest BCUT2D eigenvalue weighted by atomic mass is 16.5. The van der Waals surface area contributed by atoms with Crippen molar-refractivity contribution in [1.82, 2.24) is 25.2 Å². The van der Waals surface area contributed by atoms with E-state index in [0.29, 0.717) is 18.2 Å². The molecule has 2 aromatic heterocycles. The Bertz CT molecular complexity index is 852. The number of rotatable bonds is 4. The summed E-state index contributed by atoms with van der Waals surface area (Å²) >= 11 is 0. The third-order valence-electron chi connectivity index (χ3n) is 5.37. The standard InChI is InChI=1S/C20H26N6O2/c1-14-18(23-13-24-19(14)28-17-6-5-7-21-15(17)2)26-11-8-22-16(12-26)20(27)25-9-3-4-10-25/h5-7,13,16,22H,3-4,8-12H2,1-2H3/t16-/m0/s1. The molecular formula is C20H26N6O2. The number of likely N-dealkylation sites (tertiary alicyclic amines) is 1. The van der Waals surface area contributed by atoms with E-state index < -0.39 is 0 Å². The van der Waals surface area contributed by atoms with Crippen LogP contribution in [0.15, 0.2) is 24.7 Å². The van der Waals surface area contributed by atoms with Crippen molar-refractivity contribution in [3.8, 4) is 11.6 Å². The summed E-state index contributed by atoms with van der Waals surface area (Å²) in [6, 6.07) is 3.51. The van der Waals surface area contributed by atoms with Crippen molar-refractivity contribution >= 4 is 11.7 Å². The Morgan fingerprint density at radius 2 is 2.00 bits per heavy atom. The highest BCUT2D eigenvalue weighted by Gasteiger charge is 2.31. The Kier molecular flexibility index (Phi) is 5.38. The topological polar surface area (TPSA) is 83.5 Å². The molecule has 4 heterocycles. The first-order valence-electron chi connectivity index (χ1n) is 9.81. The molecular weight excluding hydrogens is 356 g/mol. The first-order chi connectivity index (χ1) is 13.6. The highest BCUT2D eigenvalue weighted by Crippen LogP contribution is 2.29. The lowest BCUT2D eigenvalue weighted by Gasteiger charge is -2.36. The maximum atomic E-state index is 12.8. The Labute approximate surface area is 164 Å². The fourth-order valence-electron chi connectivity index (χ4n) is 3.79. The average Bonchev–Trinajstić information content (AvgIpc) is 3.25. The maximum Gasteiger partial charge on any atom is 0.241 e. The molecule has 2 aromatic rings. The fraction of sp³-hybridized carbons (Fsp3) is 0.500. The first kappa shape index (κ1) is 18.6. The number of carbonyl (C=O) groups is 1. The summed E-state index contributed by atoms with van der Waals surface area (Å²) in [6.45, 7) is 7.71. The van der Waals surface area contributed by atoms with Crippen LogP contribution in [-0.4, -0.2) is 64.5 Å². The third-order valence-corrected chi connectivity index (χ3v) is 5.37. The van der Waals surface area contributed by atoms with Gasteiger partial charge in [0, 0.05) is 38.9 Å². The number of anilines is 1. The lowest BCUT2D eigenvalue weighted by atomic mass is 10.1. The molecule has 0 radical (unpaired) electrons. The van der Waals surface area contributed by atoms with Gasteiger partial charge in [-0.25, -0.2) is 9.97 Å². The number of nitrogens with one attached hydrogen (secondary N) is 1. The number of piperazine rings is 1. The summed E-state index contributed by atoms with van der Waals surface area (Å²) < 4.78 is 6.00. The molecule has 0 saturated carbocycles. The predicted molar refractivity (Wildman–Crippen MR) is 106 cm³/mol. The lowest BCUT2D eigenvalue weighted by molar-refractivity contribution is -0.132. The van der Waals surface area contributed by atoms with Crippen LogP contribution in [0, 0.1) is 13.8 Å². The third kappa shape index (κ3) is 3.77. The Hall–Kier alpha value is -2.74. The van der Waals surface area contributed by atoms with Crippen molar-refractivity contribution in [1.29, 1.82) is 0 Å². The molecule has 0 aromatic carbocycles. The summed E-state index contributed by atoms with van der Waals surface area (Å²) in [5, 5.41) is 3.36. The zero-order valence-corrected chi connectivity index (χ0v) is 16.4. The van der Waals surface area contributed by atoms with Crippen LogP contribution < -0.4 is 15.0 Å². The SMILES string of the molecule is Cc1ncccc1Oc1ncnc(N2CCN[C@H](C(=O)N3CCCC3)C2)c1C. The number of ether oxygens (including phenoxy) is 1. The van der Waals surface area contributed by atoms with Gasteiger partial charge in [-0.2, -0.15) is 0 Å². The van der Waals surface area contributed by atoms with E-state index in [9.17, 15) is 4.79 Å². The van der Waals surface area contributed by atoms with Gasteiger partial charge in [-0.3, -0.25) is 9.78 Å². The molecule has 2 aliphatic heterocycles. The Morgan fingerprint density at radius 3 is 2.79 bits per heavy atom. The summed E-state index contributed by atoms with van der Waals surface area (Å²) in [4.78, 5) is 29.9.